The van der Waals surface area contributed by atoms with Crippen LogP contribution in [0.3, 0.4) is 0 Å². The summed E-state index contributed by atoms with van der Waals surface area (Å²) in [5.41, 5.74) is 0. The molecule has 1 nitrogen and oxygen atoms in total. The first-order valence-electron chi connectivity index (χ1n) is 4.30. The van der Waals surface area contributed by atoms with Crippen molar-refractivity contribution in [2.24, 2.45) is 0 Å². The quantitative estimate of drug-likeness (QED) is 0.436. The maximum atomic E-state index is 9.22. The van der Waals surface area contributed by atoms with Crippen LogP contribution in [0.4, 0.5) is 0 Å². The van der Waals surface area contributed by atoms with Crippen molar-refractivity contribution >= 4 is 26.6 Å². The van der Waals surface area contributed by atoms with Crippen LogP contribution in [0.5, 0.6) is 0 Å². The molecule has 0 rings (SSSR count). The molecule has 0 aromatic carbocycles. The van der Waals surface area contributed by atoms with Crippen molar-refractivity contribution in [3.8, 4) is 0 Å². The van der Waals surface area contributed by atoms with Crippen LogP contribution in [0.1, 0.15) is 39.0 Å². The molecule has 0 heterocycles. The monoisotopic (exact) mass is 365 g/mol. The predicted molar refractivity (Wildman–Crippen MR) is 58.2 cm³/mol. The molecule has 0 aromatic rings. The number of hydrogen-bond acceptors (Lipinski definition) is 1. The summed E-state index contributed by atoms with van der Waals surface area (Å²) in [6, 6.07) is 0. The Morgan fingerprint density at radius 2 is 2.08 bits per heavy atom. The summed E-state index contributed by atoms with van der Waals surface area (Å²) in [5.74, 6) is 0.512. The van der Waals surface area contributed by atoms with Gasteiger partial charge in [-0.25, -0.2) is 0 Å². The van der Waals surface area contributed by atoms with Crippen molar-refractivity contribution in [3.63, 3.8) is 0 Å². The molecule has 72 valence electrons. The molecule has 0 saturated carbocycles. The summed E-state index contributed by atoms with van der Waals surface area (Å²) in [6.45, 7) is 5.73. The first kappa shape index (κ1) is 14.7. The van der Waals surface area contributed by atoms with Crippen LogP contribution in [0.25, 0.3) is 0 Å². The molecule has 0 aromatic heterocycles. The first-order valence-corrected chi connectivity index (χ1v) is 4.30. The fourth-order valence-corrected chi connectivity index (χ4v) is 0.878. The van der Waals surface area contributed by atoms with Gasteiger partial charge in [0.25, 0.3) is 0 Å². The van der Waals surface area contributed by atoms with E-state index in [1.54, 1.807) is 6.08 Å². The molecule has 0 amide bonds. The number of aliphatic hydroxyl groups is 1. The summed E-state index contributed by atoms with van der Waals surface area (Å²) < 4.78 is 0. The Balaban J connectivity index is 0. The van der Waals surface area contributed by atoms with E-state index in [4.69, 9.17) is 0 Å². The first-order chi connectivity index (χ1) is 5.31. The van der Waals surface area contributed by atoms with E-state index in [1.165, 1.54) is 12.8 Å². The van der Waals surface area contributed by atoms with Gasteiger partial charge >= 0.3 is 26.6 Å². The fourth-order valence-electron chi connectivity index (χ4n) is 0.878. The minimum atomic E-state index is 0. The Bertz CT molecular complexity index is 130. The van der Waals surface area contributed by atoms with E-state index < -0.39 is 0 Å². The molecule has 0 spiro atoms. The van der Waals surface area contributed by atoms with Crippen molar-refractivity contribution in [3.05, 3.63) is 24.5 Å². The van der Waals surface area contributed by atoms with Crippen LogP contribution in [-0.2, 0) is 0 Å². The second-order valence-electron chi connectivity index (χ2n) is 2.68. The van der Waals surface area contributed by atoms with E-state index >= 15 is 0 Å². The van der Waals surface area contributed by atoms with Gasteiger partial charge in [-0.3, -0.25) is 0 Å². The van der Waals surface area contributed by atoms with E-state index in [2.05, 4.69) is 13.5 Å². The molecule has 0 bridgehead atoms. The molecule has 0 aliphatic heterocycles. The molecule has 0 saturated heterocycles. The van der Waals surface area contributed by atoms with Gasteiger partial charge in [-0.2, -0.15) is 0 Å². The average Bonchev–Trinajstić information content (AvgIpc) is 2.01. The van der Waals surface area contributed by atoms with Crippen molar-refractivity contribution in [1.29, 1.82) is 0 Å². The topological polar surface area (TPSA) is 20.2 Å². The van der Waals surface area contributed by atoms with Crippen LogP contribution in [0.15, 0.2) is 24.5 Å². The third kappa shape index (κ3) is 10.2. The molecule has 0 unspecified atom stereocenters. The molecule has 12 heavy (non-hydrogen) atoms. The number of rotatable bonds is 6. The zero-order chi connectivity index (χ0) is 8.53. The predicted octanol–water partition coefficient (Wildman–Crippen LogP) is 2.67. The second kappa shape index (κ2) is 11.2. The number of allylic oxidation sites excluding steroid dienone is 3. The Kier molecular flexibility index (Phi) is 13.7. The van der Waals surface area contributed by atoms with Crippen LogP contribution in [0.2, 0.25) is 0 Å². The molecule has 0 aliphatic carbocycles. The molecule has 0 aliphatic rings. The van der Waals surface area contributed by atoms with Crippen molar-refractivity contribution < 1.29 is 5.11 Å². The van der Waals surface area contributed by atoms with Crippen LogP contribution in [-0.4, -0.2) is 31.7 Å². The van der Waals surface area contributed by atoms with E-state index in [0.29, 0.717) is 5.76 Å². The van der Waals surface area contributed by atoms with Gasteiger partial charge < -0.3 is 5.11 Å². The van der Waals surface area contributed by atoms with Crippen LogP contribution >= 0.6 is 0 Å². The third-order valence-electron chi connectivity index (χ3n) is 1.56. The zero-order valence-electron chi connectivity index (χ0n) is 7.84. The molecule has 0 radical (unpaired) electrons. The Morgan fingerprint density at radius 3 is 2.58 bits per heavy atom. The van der Waals surface area contributed by atoms with Gasteiger partial charge in [-0.1, -0.05) is 25.8 Å². The zero-order valence-corrected chi connectivity index (χ0v) is 11.7. The van der Waals surface area contributed by atoms with Gasteiger partial charge in [-0.05, 0) is 18.9 Å². The van der Waals surface area contributed by atoms with Crippen molar-refractivity contribution in [1.82, 2.24) is 0 Å². The molecular formula is C10H20OPo. The fraction of sp³-hybridized carbons (Fsp3) is 0.600. The van der Waals surface area contributed by atoms with Gasteiger partial charge in [0.1, 0.15) is 0 Å². The summed E-state index contributed by atoms with van der Waals surface area (Å²) in [6.07, 6.45) is 8.70. The molecule has 0 atom stereocenters. The van der Waals surface area contributed by atoms with Gasteiger partial charge in [0.05, 0.1) is 5.76 Å². The SMILES string of the molecule is C=CCC=C(O)CCCCC.[PoH2]. The normalized spacial score (nSPS) is 10.6. The molecular weight excluding hydrogens is 345 g/mol. The third-order valence-corrected chi connectivity index (χ3v) is 1.56. The average molecular weight is 365 g/mol. The number of unbranched alkanes of at least 4 members (excludes halogenated alkanes) is 2. The Labute approximate surface area is 95.0 Å². The Hall–Kier alpha value is 0.176. The molecule has 2 heteroatoms. The van der Waals surface area contributed by atoms with Crippen LogP contribution < -0.4 is 0 Å². The Morgan fingerprint density at radius 1 is 1.42 bits per heavy atom. The van der Waals surface area contributed by atoms with E-state index in [-0.39, 0.29) is 26.6 Å². The summed E-state index contributed by atoms with van der Waals surface area (Å²) in [4.78, 5) is 0. The van der Waals surface area contributed by atoms with Gasteiger partial charge in [0.15, 0.2) is 0 Å². The van der Waals surface area contributed by atoms with Gasteiger partial charge in [0, 0.05) is 6.42 Å². The summed E-state index contributed by atoms with van der Waals surface area (Å²) in [7, 11) is 0. The maximum absolute atomic E-state index is 9.22. The van der Waals surface area contributed by atoms with Gasteiger partial charge in [0.2, 0.25) is 0 Å². The van der Waals surface area contributed by atoms with E-state index in [0.717, 1.165) is 19.3 Å². The van der Waals surface area contributed by atoms with Crippen molar-refractivity contribution in [2.45, 2.75) is 39.0 Å². The van der Waals surface area contributed by atoms with Crippen LogP contribution in [0, 0.1) is 0 Å². The number of aliphatic hydroxyl groups excluding tert-OH is 1. The number of hydrogen-bond donors (Lipinski definition) is 1. The minimum absolute atomic E-state index is 0. The molecule has 1 N–H and O–H groups in total. The summed E-state index contributed by atoms with van der Waals surface area (Å²) >= 11 is 0. The molecule has 0 fully saturated rings. The summed E-state index contributed by atoms with van der Waals surface area (Å²) in [5, 5.41) is 9.22. The second-order valence-corrected chi connectivity index (χ2v) is 2.68. The van der Waals surface area contributed by atoms with Gasteiger partial charge in [-0.15, -0.1) is 6.58 Å². The van der Waals surface area contributed by atoms with E-state index in [1.807, 2.05) is 6.08 Å². The standard InChI is InChI=1S/C10H18O.Po.2H/c1-3-5-7-9-10(11)8-6-4-2;;;/h4,8,11H,2-3,5-7,9H2,1H3;;;. The van der Waals surface area contributed by atoms with E-state index in [9.17, 15) is 5.11 Å². The van der Waals surface area contributed by atoms with Crippen molar-refractivity contribution in [2.75, 3.05) is 0 Å².